The lowest BCUT2D eigenvalue weighted by molar-refractivity contribution is -0.148. The van der Waals surface area contributed by atoms with E-state index in [9.17, 15) is 26.4 Å². The summed E-state index contributed by atoms with van der Waals surface area (Å²) in [6.07, 6.45) is -4.34. The molecule has 2 amide bonds. The molecule has 1 aliphatic heterocycles. The SMILES string of the molecule is CC(C)c1cccc(C(C)C)c1NC(=O)NS(=O)(=O)N1CCN(CC(F)(F)F)CC1. The van der Waals surface area contributed by atoms with E-state index < -0.39 is 29.0 Å². The van der Waals surface area contributed by atoms with Crippen molar-refractivity contribution in [1.82, 2.24) is 13.9 Å². The van der Waals surface area contributed by atoms with Gasteiger partial charge in [-0.25, -0.2) is 9.52 Å². The molecule has 30 heavy (non-hydrogen) atoms. The Labute approximate surface area is 175 Å². The molecule has 1 heterocycles. The highest BCUT2D eigenvalue weighted by Crippen LogP contribution is 2.32. The molecule has 7 nitrogen and oxygen atoms in total. The van der Waals surface area contributed by atoms with E-state index in [-0.39, 0.29) is 38.0 Å². The number of hydrogen-bond acceptors (Lipinski definition) is 4. The summed E-state index contributed by atoms with van der Waals surface area (Å²) in [5.41, 5.74) is 2.34. The van der Waals surface area contributed by atoms with Crippen molar-refractivity contribution in [3.05, 3.63) is 29.3 Å². The van der Waals surface area contributed by atoms with Crippen LogP contribution in [0.15, 0.2) is 18.2 Å². The van der Waals surface area contributed by atoms with Crippen molar-refractivity contribution in [2.45, 2.75) is 45.7 Å². The Morgan fingerprint density at radius 2 is 1.53 bits per heavy atom. The number of carbonyl (C=O) groups is 1. The number of amides is 2. The summed E-state index contributed by atoms with van der Waals surface area (Å²) in [5, 5.41) is 2.66. The third kappa shape index (κ3) is 6.58. The summed E-state index contributed by atoms with van der Waals surface area (Å²) in [6.45, 7) is 6.43. The van der Waals surface area contributed by atoms with E-state index in [1.807, 2.05) is 50.6 Å². The van der Waals surface area contributed by atoms with E-state index in [1.54, 1.807) is 0 Å². The number of anilines is 1. The van der Waals surface area contributed by atoms with Crippen LogP contribution in [0.25, 0.3) is 0 Å². The third-order valence-electron chi connectivity index (χ3n) is 4.91. The predicted molar refractivity (Wildman–Crippen MR) is 110 cm³/mol. The Bertz CT molecular complexity index is 823. The Morgan fingerprint density at radius 3 is 1.97 bits per heavy atom. The number of nitrogens with one attached hydrogen (secondary N) is 2. The molecule has 2 rings (SSSR count). The predicted octanol–water partition coefficient (Wildman–Crippen LogP) is 3.48. The van der Waals surface area contributed by atoms with Crippen LogP contribution in [0.1, 0.15) is 50.7 Å². The molecule has 170 valence electrons. The van der Waals surface area contributed by atoms with Gasteiger partial charge in [0, 0.05) is 31.9 Å². The Kier molecular flexibility index (Phi) is 7.75. The highest BCUT2D eigenvalue weighted by molar-refractivity contribution is 7.87. The number of alkyl halides is 3. The second-order valence-corrected chi connectivity index (χ2v) is 9.64. The molecule has 1 saturated heterocycles. The summed E-state index contributed by atoms with van der Waals surface area (Å²) in [4.78, 5) is 13.6. The minimum absolute atomic E-state index is 0.0598. The number of halogens is 3. The van der Waals surface area contributed by atoms with Crippen LogP contribution in [-0.4, -0.2) is 62.6 Å². The van der Waals surface area contributed by atoms with E-state index >= 15 is 0 Å². The van der Waals surface area contributed by atoms with Crippen molar-refractivity contribution in [3.8, 4) is 0 Å². The van der Waals surface area contributed by atoms with Crippen molar-refractivity contribution in [3.63, 3.8) is 0 Å². The van der Waals surface area contributed by atoms with Crippen LogP contribution >= 0.6 is 0 Å². The largest absolute Gasteiger partial charge is 0.401 e. The first-order valence-corrected chi connectivity index (χ1v) is 11.2. The number of piperazine rings is 1. The molecule has 0 unspecified atom stereocenters. The van der Waals surface area contributed by atoms with Crippen molar-refractivity contribution in [1.29, 1.82) is 0 Å². The van der Waals surface area contributed by atoms with Gasteiger partial charge in [0.1, 0.15) is 0 Å². The van der Waals surface area contributed by atoms with Crippen LogP contribution in [0.4, 0.5) is 23.7 Å². The van der Waals surface area contributed by atoms with Gasteiger partial charge in [-0.2, -0.15) is 25.9 Å². The number of carbonyl (C=O) groups excluding carboxylic acids is 1. The molecule has 1 aromatic carbocycles. The van der Waals surface area contributed by atoms with Crippen LogP contribution in [0.2, 0.25) is 0 Å². The quantitative estimate of drug-likeness (QED) is 0.695. The summed E-state index contributed by atoms with van der Waals surface area (Å²) in [7, 11) is -4.17. The first kappa shape index (κ1) is 24.4. The zero-order chi connectivity index (χ0) is 22.7. The maximum absolute atomic E-state index is 12.5. The molecule has 2 N–H and O–H groups in total. The zero-order valence-electron chi connectivity index (χ0n) is 17.6. The van der Waals surface area contributed by atoms with Crippen LogP contribution in [0, 0.1) is 0 Å². The Balaban J connectivity index is 2.07. The Morgan fingerprint density at radius 1 is 1.03 bits per heavy atom. The van der Waals surface area contributed by atoms with Gasteiger partial charge in [-0.1, -0.05) is 45.9 Å². The number of rotatable bonds is 6. The van der Waals surface area contributed by atoms with Crippen molar-refractivity contribution in [2.24, 2.45) is 0 Å². The van der Waals surface area contributed by atoms with Crippen LogP contribution in [0.5, 0.6) is 0 Å². The normalized spacial score (nSPS) is 16.8. The van der Waals surface area contributed by atoms with Crippen molar-refractivity contribution >= 4 is 21.9 Å². The molecule has 0 atom stereocenters. The van der Waals surface area contributed by atoms with Crippen LogP contribution < -0.4 is 10.0 Å². The van der Waals surface area contributed by atoms with Crippen LogP contribution in [-0.2, 0) is 10.2 Å². The average Bonchev–Trinajstić information content (AvgIpc) is 2.60. The summed E-state index contributed by atoms with van der Waals surface area (Å²) >= 11 is 0. The topological polar surface area (TPSA) is 81.8 Å². The van der Waals surface area contributed by atoms with E-state index in [0.29, 0.717) is 5.69 Å². The minimum Gasteiger partial charge on any atom is -0.307 e. The molecule has 0 radical (unpaired) electrons. The molecule has 0 saturated carbocycles. The first-order chi connectivity index (χ1) is 13.8. The molecule has 1 aliphatic rings. The fourth-order valence-corrected chi connectivity index (χ4v) is 4.46. The Hall–Kier alpha value is -1.85. The molecule has 0 bridgehead atoms. The van der Waals surface area contributed by atoms with Gasteiger partial charge in [-0.3, -0.25) is 4.90 Å². The average molecular weight is 451 g/mol. The van der Waals surface area contributed by atoms with E-state index in [1.165, 1.54) is 0 Å². The monoisotopic (exact) mass is 450 g/mol. The number of benzene rings is 1. The van der Waals surface area contributed by atoms with E-state index in [2.05, 4.69) is 5.32 Å². The van der Waals surface area contributed by atoms with Gasteiger partial charge in [0.25, 0.3) is 0 Å². The molecule has 0 spiro atoms. The first-order valence-electron chi connectivity index (χ1n) is 9.81. The lowest BCUT2D eigenvalue weighted by Gasteiger charge is -2.34. The van der Waals surface area contributed by atoms with E-state index in [4.69, 9.17) is 0 Å². The van der Waals surface area contributed by atoms with Gasteiger partial charge < -0.3 is 5.32 Å². The second kappa shape index (κ2) is 9.52. The van der Waals surface area contributed by atoms with Gasteiger partial charge >= 0.3 is 22.4 Å². The molecule has 1 aromatic rings. The highest BCUT2D eigenvalue weighted by Gasteiger charge is 2.35. The molecule has 0 aromatic heterocycles. The number of hydrogen-bond donors (Lipinski definition) is 2. The fourth-order valence-electron chi connectivity index (χ4n) is 3.40. The van der Waals surface area contributed by atoms with E-state index in [0.717, 1.165) is 20.3 Å². The minimum atomic E-state index is -4.34. The second-order valence-electron chi connectivity index (χ2n) is 7.97. The van der Waals surface area contributed by atoms with Crippen molar-refractivity contribution in [2.75, 3.05) is 38.0 Å². The van der Waals surface area contributed by atoms with Gasteiger partial charge in [0.05, 0.1) is 6.54 Å². The summed E-state index contributed by atoms with van der Waals surface area (Å²) in [5.74, 6) is 0.217. The number of urea groups is 1. The fraction of sp³-hybridized carbons (Fsp3) is 0.632. The highest BCUT2D eigenvalue weighted by atomic mass is 32.2. The standard InChI is InChI=1S/C19H29F3N4O3S/c1-13(2)15-6-5-7-16(14(3)4)17(15)23-18(27)24-30(28,29)26-10-8-25(9-11-26)12-19(20,21)22/h5-7,13-14H,8-12H2,1-4H3,(H2,23,24,27). The summed E-state index contributed by atoms with van der Waals surface area (Å²) in [6, 6.07) is 4.74. The third-order valence-corrected chi connectivity index (χ3v) is 6.40. The smallest absolute Gasteiger partial charge is 0.307 e. The van der Waals surface area contributed by atoms with Gasteiger partial charge in [-0.15, -0.1) is 0 Å². The lowest BCUT2D eigenvalue weighted by atomic mass is 9.93. The molecule has 11 heteroatoms. The number of para-hydroxylation sites is 1. The zero-order valence-corrected chi connectivity index (χ0v) is 18.4. The molecule has 0 aliphatic carbocycles. The molecular weight excluding hydrogens is 421 g/mol. The summed E-state index contributed by atoms with van der Waals surface area (Å²) < 4.78 is 65.5. The van der Waals surface area contributed by atoms with Crippen molar-refractivity contribution < 1.29 is 26.4 Å². The number of nitrogens with zero attached hydrogens (tertiary/aromatic N) is 2. The van der Waals surface area contributed by atoms with Gasteiger partial charge in [0.15, 0.2) is 0 Å². The maximum atomic E-state index is 12.5. The van der Waals surface area contributed by atoms with Crippen LogP contribution in [0.3, 0.4) is 0 Å². The maximum Gasteiger partial charge on any atom is 0.401 e. The molecule has 1 fully saturated rings. The molecular formula is C19H29F3N4O3S. The van der Waals surface area contributed by atoms with Gasteiger partial charge in [0.2, 0.25) is 0 Å². The lowest BCUT2D eigenvalue weighted by Crippen LogP contribution is -2.54. The van der Waals surface area contributed by atoms with Gasteiger partial charge in [-0.05, 0) is 23.0 Å².